The number of rotatable bonds is 4. The van der Waals surface area contributed by atoms with E-state index in [1.54, 1.807) is 7.11 Å². The Bertz CT molecular complexity index is 607. The highest BCUT2D eigenvalue weighted by atomic mass is 16.5. The number of carbonyl (C=O) groups is 1. The van der Waals surface area contributed by atoms with Gasteiger partial charge >= 0.3 is 0 Å². The molecule has 1 N–H and O–H groups in total. The van der Waals surface area contributed by atoms with Crippen molar-refractivity contribution in [3.8, 4) is 0 Å². The van der Waals surface area contributed by atoms with E-state index in [1.165, 1.54) is 5.56 Å². The number of benzene rings is 2. The van der Waals surface area contributed by atoms with Crippen molar-refractivity contribution in [2.45, 2.75) is 25.0 Å². The molecule has 0 aromatic heterocycles. The maximum Gasteiger partial charge on any atom is 0.221 e. The highest BCUT2D eigenvalue weighted by Crippen LogP contribution is 2.38. The largest absolute Gasteiger partial charge is 0.380 e. The molecule has 3 heteroatoms. The Kier molecular flexibility index (Phi) is 4.02. The number of hydrogen-bond donors (Lipinski definition) is 1. The average molecular weight is 281 g/mol. The minimum absolute atomic E-state index is 0.0620. The van der Waals surface area contributed by atoms with Crippen LogP contribution in [0.2, 0.25) is 0 Å². The molecule has 2 unspecified atom stereocenters. The lowest BCUT2D eigenvalue weighted by atomic mass is 9.87. The third-order valence-electron chi connectivity index (χ3n) is 4.00. The molecule has 3 nitrogen and oxygen atoms in total. The lowest BCUT2D eigenvalue weighted by molar-refractivity contribution is -0.119. The van der Waals surface area contributed by atoms with Crippen molar-refractivity contribution in [2.75, 3.05) is 7.11 Å². The molecule has 2 aromatic rings. The second kappa shape index (κ2) is 6.10. The molecule has 0 radical (unpaired) electrons. The van der Waals surface area contributed by atoms with Gasteiger partial charge in [0.05, 0.1) is 12.6 Å². The molecule has 1 amide bonds. The molecule has 1 aliphatic heterocycles. The van der Waals surface area contributed by atoms with Gasteiger partial charge in [-0.05, 0) is 16.7 Å². The Morgan fingerprint density at radius 3 is 2.43 bits per heavy atom. The van der Waals surface area contributed by atoms with Crippen molar-refractivity contribution in [2.24, 2.45) is 0 Å². The predicted octanol–water partition coefficient (Wildman–Crippen LogP) is 3.18. The predicted molar refractivity (Wildman–Crippen MR) is 81.8 cm³/mol. The maximum atomic E-state index is 11.8. The zero-order valence-electron chi connectivity index (χ0n) is 12.1. The van der Waals surface area contributed by atoms with Crippen molar-refractivity contribution in [1.29, 1.82) is 0 Å². The summed E-state index contributed by atoms with van der Waals surface area (Å²) in [6.07, 6.45) is 0.545. The molecule has 1 saturated heterocycles. The Hall–Kier alpha value is -2.13. The van der Waals surface area contributed by atoms with Crippen molar-refractivity contribution in [3.05, 3.63) is 71.3 Å². The van der Waals surface area contributed by atoms with Crippen LogP contribution in [0.1, 0.15) is 35.1 Å². The SMILES string of the molecule is COCc1ccc(C2CC(=O)NC2c2ccccc2)cc1. The molecule has 2 atom stereocenters. The molecule has 1 aliphatic rings. The fraction of sp³-hybridized carbons (Fsp3) is 0.278. The van der Waals surface area contributed by atoms with E-state index in [9.17, 15) is 4.79 Å². The van der Waals surface area contributed by atoms with E-state index >= 15 is 0 Å². The summed E-state index contributed by atoms with van der Waals surface area (Å²) in [4.78, 5) is 11.8. The van der Waals surface area contributed by atoms with Gasteiger partial charge in [-0.1, -0.05) is 54.6 Å². The molecule has 21 heavy (non-hydrogen) atoms. The first-order chi connectivity index (χ1) is 10.3. The second-order valence-corrected chi connectivity index (χ2v) is 5.44. The highest BCUT2D eigenvalue weighted by molar-refractivity contribution is 5.80. The smallest absolute Gasteiger partial charge is 0.221 e. The van der Waals surface area contributed by atoms with Crippen LogP contribution in [0.4, 0.5) is 0 Å². The van der Waals surface area contributed by atoms with Gasteiger partial charge in [0, 0.05) is 19.4 Å². The van der Waals surface area contributed by atoms with Gasteiger partial charge in [-0.2, -0.15) is 0 Å². The van der Waals surface area contributed by atoms with Crippen LogP contribution in [0.25, 0.3) is 0 Å². The van der Waals surface area contributed by atoms with Crippen molar-refractivity contribution < 1.29 is 9.53 Å². The first kappa shape index (κ1) is 13.8. The van der Waals surface area contributed by atoms with Gasteiger partial charge in [-0.3, -0.25) is 4.79 Å². The third-order valence-corrected chi connectivity index (χ3v) is 4.00. The van der Waals surface area contributed by atoms with E-state index in [2.05, 4.69) is 41.7 Å². The van der Waals surface area contributed by atoms with Gasteiger partial charge < -0.3 is 10.1 Å². The van der Waals surface area contributed by atoms with Gasteiger partial charge in [-0.15, -0.1) is 0 Å². The molecule has 0 spiro atoms. The van der Waals surface area contributed by atoms with Crippen molar-refractivity contribution in [1.82, 2.24) is 5.32 Å². The Balaban J connectivity index is 1.86. The summed E-state index contributed by atoms with van der Waals surface area (Å²) in [6, 6.07) is 18.6. The Morgan fingerprint density at radius 1 is 1.05 bits per heavy atom. The highest BCUT2D eigenvalue weighted by Gasteiger charge is 2.34. The van der Waals surface area contributed by atoms with E-state index in [0.29, 0.717) is 13.0 Å². The number of ether oxygens (including phenoxy) is 1. The minimum Gasteiger partial charge on any atom is -0.380 e. The van der Waals surface area contributed by atoms with E-state index < -0.39 is 0 Å². The standard InChI is InChI=1S/C18H19NO2/c1-21-12-13-7-9-14(10-8-13)16-11-17(20)19-18(16)15-5-3-2-4-6-15/h2-10,16,18H,11-12H2,1H3,(H,19,20). The van der Waals surface area contributed by atoms with Gasteiger partial charge in [0.2, 0.25) is 5.91 Å². The van der Waals surface area contributed by atoms with Crippen LogP contribution in [0.3, 0.4) is 0 Å². The van der Waals surface area contributed by atoms with E-state index in [0.717, 1.165) is 11.1 Å². The lowest BCUT2D eigenvalue weighted by Crippen LogP contribution is -2.20. The van der Waals surface area contributed by atoms with Gasteiger partial charge in [0.15, 0.2) is 0 Å². The number of carbonyl (C=O) groups excluding carboxylic acids is 1. The fourth-order valence-electron chi connectivity index (χ4n) is 2.96. The zero-order valence-corrected chi connectivity index (χ0v) is 12.1. The van der Waals surface area contributed by atoms with Gasteiger partial charge in [0.25, 0.3) is 0 Å². The molecule has 2 aromatic carbocycles. The first-order valence-corrected chi connectivity index (χ1v) is 7.20. The first-order valence-electron chi connectivity index (χ1n) is 7.20. The summed E-state index contributed by atoms with van der Waals surface area (Å²) < 4.78 is 5.13. The molecule has 3 rings (SSSR count). The van der Waals surface area contributed by atoms with Crippen molar-refractivity contribution >= 4 is 5.91 Å². The summed E-state index contributed by atoms with van der Waals surface area (Å²) >= 11 is 0. The van der Waals surface area contributed by atoms with E-state index in [4.69, 9.17) is 4.74 Å². The molecular formula is C18H19NO2. The summed E-state index contributed by atoms with van der Waals surface area (Å²) in [5.41, 5.74) is 3.51. The topological polar surface area (TPSA) is 38.3 Å². The quantitative estimate of drug-likeness (QED) is 0.934. The fourth-order valence-corrected chi connectivity index (χ4v) is 2.96. The molecule has 1 fully saturated rings. The van der Waals surface area contributed by atoms with Crippen molar-refractivity contribution in [3.63, 3.8) is 0 Å². The number of methoxy groups -OCH3 is 1. The summed E-state index contributed by atoms with van der Waals surface area (Å²) in [5, 5.41) is 3.09. The van der Waals surface area contributed by atoms with Crippen LogP contribution in [0.5, 0.6) is 0 Å². The number of amides is 1. The molecular weight excluding hydrogens is 262 g/mol. The van der Waals surface area contributed by atoms with Gasteiger partial charge in [0.1, 0.15) is 0 Å². The minimum atomic E-state index is 0.0620. The number of nitrogens with one attached hydrogen (secondary N) is 1. The van der Waals surface area contributed by atoms with E-state index in [-0.39, 0.29) is 17.9 Å². The third kappa shape index (κ3) is 2.98. The molecule has 1 heterocycles. The van der Waals surface area contributed by atoms with Crippen LogP contribution >= 0.6 is 0 Å². The van der Waals surface area contributed by atoms with E-state index in [1.807, 2.05) is 18.2 Å². The number of hydrogen-bond acceptors (Lipinski definition) is 2. The Morgan fingerprint density at radius 2 is 1.76 bits per heavy atom. The van der Waals surface area contributed by atoms with Gasteiger partial charge in [-0.25, -0.2) is 0 Å². The molecule has 108 valence electrons. The monoisotopic (exact) mass is 281 g/mol. The normalized spacial score (nSPS) is 21.3. The summed E-state index contributed by atoms with van der Waals surface area (Å²) in [6.45, 7) is 0.615. The van der Waals surface area contributed by atoms with Crippen LogP contribution in [-0.2, 0) is 16.1 Å². The van der Waals surface area contributed by atoms with Crippen LogP contribution in [0.15, 0.2) is 54.6 Å². The lowest BCUT2D eigenvalue weighted by Gasteiger charge is -2.20. The summed E-state index contributed by atoms with van der Waals surface area (Å²) in [7, 11) is 1.69. The molecule has 0 bridgehead atoms. The molecule has 0 aliphatic carbocycles. The average Bonchev–Trinajstić information content (AvgIpc) is 2.91. The zero-order chi connectivity index (χ0) is 14.7. The maximum absolute atomic E-state index is 11.8. The molecule has 0 saturated carbocycles. The summed E-state index contributed by atoms with van der Waals surface area (Å²) in [5.74, 6) is 0.311. The van der Waals surface area contributed by atoms with Crippen LogP contribution < -0.4 is 5.32 Å². The van der Waals surface area contributed by atoms with Crippen LogP contribution in [-0.4, -0.2) is 13.0 Å². The van der Waals surface area contributed by atoms with Crippen LogP contribution in [0, 0.1) is 0 Å². The Labute approximate surface area is 124 Å². The second-order valence-electron chi connectivity index (χ2n) is 5.44.